The van der Waals surface area contributed by atoms with Crippen molar-refractivity contribution in [3.8, 4) is 5.75 Å². The lowest BCUT2D eigenvalue weighted by Crippen LogP contribution is -2.43. The molecular formula is C19H15FN2O5. The van der Waals surface area contributed by atoms with E-state index >= 15 is 0 Å². The Morgan fingerprint density at radius 1 is 1.04 bits per heavy atom. The SMILES string of the molecule is O=C(O)[C@H]1N[C@@H](c2ccccc2O)[C@H]2C(=O)N(c3cccc(F)c3)C(=O)[C@H]21. The number of amides is 2. The second kappa shape index (κ2) is 6.17. The Bertz CT molecular complexity index is 963. The van der Waals surface area contributed by atoms with E-state index in [-0.39, 0.29) is 11.4 Å². The van der Waals surface area contributed by atoms with Crippen LogP contribution in [0.1, 0.15) is 11.6 Å². The summed E-state index contributed by atoms with van der Waals surface area (Å²) in [6, 6.07) is 9.10. The van der Waals surface area contributed by atoms with Gasteiger partial charge in [-0.05, 0) is 24.3 Å². The molecule has 2 aromatic carbocycles. The fourth-order valence-electron chi connectivity index (χ4n) is 3.94. The number of fused-ring (bicyclic) bond motifs is 1. The molecule has 2 heterocycles. The molecule has 7 nitrogen and oxygen atoms in total. The van der Waals surface area contributed by atoms with Crippen molar-refractivity contribution < 1.29 is 29.0 Å². The number of para-hydroxylation sites is 1. The van der Waals surface area contributed by atoms with E-state index in [1.54, 1.807) is 18.2 Å². The molecule has 138 valence electrons. The zero-order chi connectivity index (χ0) is 19.3. The minimum atomic E-state index is -1.30. The van der Waals surface area contributed by atoms with Crippen LogP contribution >= 0.6 is 0 Å². The number of nitrogens with one attached hydrogen (secondary N) is 1. The summed E-state index contributed by atoms with van der Waals surface area (Å²) in [6.45, 7) is 0. The van der Waals surface area contributed by atoms with Crippen molar-refractivity contribution in [3.63, 3.8) is 0 Å². The van der Waals surface area contributed by atoms with Crippen molar-refractivity contribution in [1.29, 1.82) is 0 Å². The van der Waals surface area contributed by atoms with Gasteiger partial charge in [-0.2, -0.15) is 0 Å². The number of phenolic OH excluding ortho intramolecular Hbond substituents is 1. The van der Waals surface area contributed by atoms with Crippen molar-refractivity contribution in [2.45, 2.75) is 12.1 Å². The van der Waals surface area contributed by atoms with Crippen LogP contribution in [-0.2, 0) is 14.4 Å². The molecule has 2 amide bonds. The summed E-state index contributed by atoms with van der Waals surface area (Å²) in [5.74, 6) is -5.49. The number of carbonyl (C=O) groups excluding carboxylic acids is 2. The second-order valence-electron chi connectivity index (χ2n) is 6.56. The molecular weight excluding hydrogens is 355 g/mol. The molecule has 2 saturated heterocycles. The number of benzene rings is 2. The third-order valence-electron chi connectivity index (χ3n) is 5.08. The third-order valence-corrected chi connectivity index (χ3v) is 5.08. The average Bonchev–Trinajstić information content (AvgIpc) is 3.13. The topological polar surface area (TPSA) is 107 Å². The highest BCUT2D eigenvalue weighted by atomic mass is 19.1. The van der Waals surface area contributed by atoms with Crippen LogP contribution in [0, 0.1) is 17.7 Å². The maximum absolute atomic E-state index is 13.6. The maximum atomic E-state index is 13.6. The third kappa shape index (κ3) is 2.57. The Balaban J connectivity index is 1.80. The molecule has 0 aliphatic carbocycles. The number of phenols is 1. The quantitative estimate of drug-likeness (QED) is 0.706. The van der Waals surface area contributed by atoms with Crippen molar-refractivity contribution in [1.82, 2.24) is 5.32 Å². The molecule has 2 aromatic rings. The monoisotopic (exact) mass is 370 g/mol. The van der Waals surface area contributed by atoms with Crippen molar-refractivity contribution in [3.05, 3.63) is 59.9 Å². The summed E-state index contributed by atoms with van der Waals surface area (Å²) in [7, 11) is 0. The Labute approximate surface area is 153 Å². The van der Waals surface area contributed by atoms with Gasteiger partial charge in [0.15, 0.2) is 0 Å². The minimum absolute atomic E-state index is 0.0552. The predicted molar refractivity (Wildman–Crippen MR) is 91.3 cm³/mol. The van der Waals surface area contributed by atoms with E-state index in [1.165, 1.54) is 24.3 Å². The smallest absolute Gasteiger partial charge is 0.321 e. The highest BCUT2D eigenvalue weighted by molar-refractivity contribution is 6.23. The lowest BCUT2D eigenvalue weighted by molar-refractivity contribution is -0.142. The molecule has 8 heteroatoms. The largest absolute Gasteiger partial charge is 0.508 e. The number of carbonyl (C=O) groups is 3. The molecule has 0 bridgehead atoms. The molecule has 0 saturated carbocycles. The van der Waals surface area contributed by atoms with Crippen LogP contribution < -0.4 is 10.2 Å². The zero-order valence-electron chi connectivity index (χ0n) is 13.9. The highest BCUT2D eigenvalue weighted by Gasteiger charge is 2.61. The number of imide groups is 1. The van der Waals surface area contributed by atoms with Crippen LogP contribution in [0.2, 0.25) is 0 Å². The first kappa shape index (κ1) is 17.2. The van der Waals surface area contributed by atoms with E-state index in [9.17, 15) is 29.0 Å². The van der Waals surface area contributed by atoms with Gasteiger partial charge in [0.05, 0.1) is 17.5 Å². The number of hydrogen-bond donors (Lipinski definition) is 3. The van der Waals surface area contributed by atoms with Gasteiger partial charge in [0.1, 0.15) is 17.6 Å². The number of carboxylic acid groups (broad SMARTS) is 1. The maximum Gasteiger partial charge on any atom is 0.321 e. The van der Waals surface area contributed by atoms with Gasteiger partial charge in [-0.3, -0.25) is 19.7 Å². The molecule has 0 radical (unpaired) electrons. The number of carboxylic acids is 1. The summed E-state index contributed by atoms with van der Waals surface area (Å²) >= 11 is 0. The molecule has 2 aliphatic heterocycles. The van der Waals surface area contributed by atoms with Gasteiger partial charge in [0, 0.05) is 11.6 Å². The van der Waals surface area contributed by atoms with Gasteiger partial charge in [0.2, 0.25) is 11.8 Å². The van der Waals surface area contributed by atoms with Gasteiger partial charge in [0.25, 0.3) is 0 Å². The molecule has 0 unspecified atom stereocenters. The summed E-state index contributed by atoms with van der Waals surface area (Å²) in [4.78, 5) is 38.5. The molecule has 27 heavy (non-hydrogen) atoms. The molecule has 3 N–H and O–H groups in total. The Hall–Kier alpha value is -3.26. The first-order valence-electron chi connectivity index (χ1n) is 8.30. The van der Waals surface area contributed by atoms with Crippen LogP contribution in [0.25, 0.3) is 0 Å². The van der Waals surface area contributed by atoms with E-state index in [2.05, 4.69) is 5.32 Å². The Morgan fingerprint density at radius 2 is 1.74 bits per heavy atom. The van der Waals surface area contributed by atoms with Crippen molar-refractivity contribution in [2.24, 2.45) is 11.8 Å². The molecule has 4 atom stereocenters. The Kier molecular flexibility index (Phi) is 3.92. The van der Waals surface area contributed by atoms with Gasteiger partial charge in [-0.15, -0.1) is 0 Å². The number of aliphatic carboxylic acids is 1. The molecule has 4 rings (SSSR count). The van der Waals surface area contributed by atoms with E-state index in [4.69, 9.17) is 0 Å². The number of halogens is 1. The summed E-state index contributed by atoms with van der Waals surface area (Å²) in [5.41, 5.74) is 0.387. The standard InChI is InChI=1S/C19H15FN2O5/c20-9-4-3-5-10(8-9)22-17(24)13-14(18(22)25)16(19(26)27)21-15(13)11-6-1-2-7-12(11)23/h1-8,13-16,21,23H,(H,26,27)/t13-,14+,15-,16-/m0/s1. The summed E-state index contributed by atoms with van der Waals surface area (Å²) in [6.07, 6.45) is 0. The summed E-state index contributed by atoms with van der Waals surface area (Å²) < 4.78 is 13.6. The van der Waals surface area contributed by atoms with Crippen molar-refractivity contribution in [2.75, 3.05) is 4.90 Å². The first-order valence-corrected chi connectivity index (χ1v) is 8.30. The van der Waals surface area contributed by atoms with E-state index in [1.807, 2.05) is 0 Å². The van der Waals surface area contributed by atoms with E-state index in [0.717, 1.165) is 11.0 Å². The lowest BCUT2D eigenvalue weighted by Gasteiger charge is -2.22. The zero-order valence-corrected chi connectivity index (χ0v) is 13.9. The number of rotatable bonds is 3. The van der Waals surface area contributed by atoms with Gasteiger partial charge >= 0.3 is 5.97 Å². The Morgan fingerprint density at radius 3 is 2.41 bits per heavy atom. The fourth-order valence-corrected chi connectivity index (χ4v) is 3.94. The van der Waals surface area contributed by atoms with E-state index in [0.29, 0.717) is 5.56 Å². The first-order chi connectivity index (χ1) is 12.9. The molecule has 0 spiro atoms. The minimum Gasteiger partial charge on any atom is -0.508 e. The normalized spacial score (nSPS) is 27.1. The fraction of sp³-hybridized carbons (Fsp3) is 0.211. The molecule has 2 fully saturated rings. The van der Waals surface area contributed by atoms with Crippen LogP contribution in [0.5, 0.6) is 5.75 Å². The van der Waals surface area contributed by atoms with Crippen LogP contribution in [0.3, 0.4) is 0 Å². The number of hydrogen-bond acceptors (Lipinski definition) is 5. The number of aromatic hydroxyl groups is 1. The van der Waals surface area contributed by atoms with Gasteiger partial charge < -0.3 is 10.2 Å². The van der Waals surface area contributed by atoms with Gasteiger partial charge in [-0.25, -0.2) is 9.29 Å². The number of anilines is 1. The predicted octanol–water partition coefficient (Wildman–Crippen LogP) is 1.43. The number of nitrogens with zero attached hydrogens (tertiary/aromatic N) is 1. The van der Waals surface area contributed by atoms with E-state index < -0.39 is 47.5 Å². The summed E-state index contributed by atoms with van der Waals surface area (Å²) in [5, 5.41) is 22.5. The average molecular weight is 370 g/mol. The van der Waals surface area contributed by atoms with Crippen LogP contribution in [0.4, 0.5) is 10.1 Å². The molecule has 0 aromatic heterocycles. The van der Waals surface area contributed by atoms with Crippen molar-refractivity contribution >= 4 is 23.5 Å². The van der Waals surface area contributed by atoms with Gasteiger partial charge in [-0.1, -0.05) is 24.3 Å². The van der Waals surface area contributed by atoms with Crippen LogP contribution in [0.15, 0.2) is 48.5 Å². The lowest BCUT2D eigenvalue weighted by atomic mass is 9.86. The molecule has 2 aliphatic rings. The highest BCUT2D eigenvalue weighted by Crippen LogP contribution is 2.46. The second-order valence-corrected chi connectivity index (χ2v) is 6.56. The van der Waals surface area contributed by atoms with Crippen LogP contribution in [-0.4, -0.2) is 34.0 Å².